The van der Waals surface area contributed by atoms with Crippen LogP contribution in [0.15, 0.2) is 58.3 Å². The highest BCUT2D eigenvalue weighted by Gasteiger charge is 2.11. The summed E-state index contributed by atoms with van der Waals surface area (Å²) in [7, 11) is 0. The van der Waals surface area contributed by atoms with Gasteiger partial charge >= 0.3 is 11.1 Å². The molecule has 9 nitrogen and oxygen atoms in total. The van der Waals surface area contributed by atoms with Crippen LogP contribution in [0, 0.1) is 0 Å². The van der Waals surface area contributed by atoms with Gasteiger partial charge in [0.2, 0.25) is 0 Å². The van der Waals surface area contributed by atoms with Crippen LogP contribution >= 0.6 is 0 Å². The Bertz CT molecular complexity index is 1070. The van der Waals surface area contributed by atoms with Crippen molar-refractivity contribution in [3.05, 3.63) is 75.1 Å². The Balaban J connectivity index is 1.62. The van der Waals surface area contributed by atoms with Crippen LogP contribution < -0.4 is 11.1 Å². The number of hydrogen-bond donors (Lipinski definition) is 0. The van der Waals surface area contributed by atoms with Gasteiger partial charge in [0.1, 0.15) is 0 Å². The van der Waals surface area contributed by atoms with Gasteiger partial charge in [-0.2, -0.15) is 5.10 Å². The van der Waals surface area contributed by atoms with Crippen molar-refractivity contribution in [2.45, 2.75) is 13.0 Å². The standard InChI is InChI=1S/C15H11N7O2/c23-14-15(24)21(12-2-1-3-12)9-8-20(14)10-11-4-5-13(18-17-11)22-7-6-16-19-22/h1,4-9H,2,10H2. The minimum absolute atomic E-state index is 0.161. The molecule has 0 bridgehead atoms. The number of hydrogen-bond acceptors (Lipinski definition) is 6. The molecule has 0 aromatic carbocycles. The molecule has 0 spiro atoms. The quantitative estimate of drug-likeness (QED) is 0.488. The molecule has 9 heteroatoms. The van der Waals surface area contributed by atoms with Crippen molar-refractivity contribution in [1.29, 1.82) is 0 Å². The monoisotopic (exact) mass is 321 g/mol. The van der Waals surface area contributed by atoms with Crippen LogP contribution in [0.5, 0.6) is 0 Å². The van der Waals surface area contributed by atoms with Crippen LogP contribution in [0.25, 0.3) is 11.5 Å². The van der Waals surface area contributed by atoms with E-state index in [-0.39, 0.29) is 6.54 Å². The fraction of sp³-hybridized carbons (Fsp3) is 0.133. The largest absolute Gasteiger partial charge is 0.321 e. The van der Waals surface area contributed by atoms with Crippen LogP contribution in [0.1, 0.15) is 12.1 Å². The molecular weight excluding hydrogens is 310 g/mol. The van der Waals surface area contributed by atoms with E-state index >= 15 is 0 Å². The van der Waals surface area contributed by atoms with E-state index in [2.05, 4.69) is 26.2 Å². The molecule has 3 aromatic heterocycles. The lowest BCUT2D eigenvalue weighted by Gasteiger charge is -2.11. The van der Waals surface area contributed by atoms with E-state index in [0.29, 0.717) is 23.6 Å². The van der Waals surface area contributed by atoms with Crippen LogP contribution in [-0.2, 0) is 6.54 Å². The van der Waals surface area contributed by atoms with Crippen LogP contribution in [0.2, 0.25) is 0 Å². The lowest BCUT2D eigenvalue weighted by atomic mass is 10.2. The minimum atomic E-state index is -0.610. The Morgan fingerprint density at radius 3 is 2.58 bits per heavy atom. The van der Waals surface area contributed by atoms with Crippen molar-refractivity contribution in [3.8, 4) is 5.82 Å². The topological polar surface area (TPSA) is 100 Å². The van der Waals surface area contributed by atoms with E-state index in [1.807, 2.05) is 0 Å². The second kappa shape index (κ2) is 5.56. The third-order valence-corrected chi connectivity index (χ3v) is 3.61. The van der Waals surface area contributed by atoms with Gasteiger partial charge in [-0.25, -0.2) is 4.68 Å². The molecule has 3 heterocycles. The molecule has 0 N–H and O–H groups in total. The van der Waals surface area contributed by atoms with Gasteiger partial charge in [0, 0.05) is 18.8 Å². The van der Waals surface area contributed by atoms with Crippen molar-refractivity contribution in [3.63, 3.8) is 0 Å². The molecule has 3 aromatic rings. The Morgan fingerprint density at radius 2 is 1.96 bits per heavy atom. The minimum Gasteiger partial charge on any atom is -0.303 e. The van der Waals surface area contributed by atoms with E-state index in [1.54, 1.807) is 36.8 Å². The molecule has 0 fully saturated rings. The van der Waals surface area contributed by atoms with E-state index in [0.717, 1.165) is 0 Å². The van der Waals surface area contributed by atoms with E-state index in [1.165, 1.54) is 20.0 Å². The number of rotatable bonds is 4. The summed E-state index contributed by atoms with van der Waals surface area (Å²) in [5.74, 6) is 0.516. The van der Waals surface area contributed by atoms with Crippen molar-refractivity contribution in [2.75, 3.05) is 0 Å². The molecule has 0 aliphatic heterocycles. The lowest BCUT2D eigenvalue weighted by molar-refractivity contribution is 0.684. The molecule has 0 unspecified atom stereocenters. The maximum Gasteiger partial charge on any atom is 0.321 e. The molecule has 118 valence electrons. The first-order valence-electron chi connectivity index (χ1n) is 7.18. The zero-order valence-electron chi connectivity index (χ0n) is 12.4. The molecule has 0 atom stereocenters. The summed E-state index contributed by atoms with van der Waals surface area (Å²) in [6, 6.07) is 3.44. The summed E-state index contributed by atoms with van der Waals surface area (Å²) < 4.78 is 4.10. The number of nitrogens with zero attached hydrogens (tertiary/aromatic N) is 7. The predicted octanol–water partition coefficient (Wildman–Crippen LogP) is -0.171. The molecule has 0 saturated heterocycles. The summed E-state index contributed by atoms with van der Waals surface area (Å²) in [5.41, 5.74) is 2.93. The fourth-order valence-electron chi connectivity index (χ4n) is 2.27. The first kappa shape index (κ1) is 14.0. The van der Waals surface area contributed by atoms with E-state index in [4.69, 9.17) is 0 Å². The second-order valence-corrected chi connectivity index (χ2v) is 5.14. The lowest BCUT2D eigenvalue weighted by Crippen LogP contribution is -2.40. The first-order chi connectivity index (χ1) is 11.7. The summed E-state index contributed by atoms with van der Waals surface area (Å²) in [6.07, 6.45) is 8.76. The molecular formula is C15H11N7O2. The van der Waals surface area contributed by atoms with Crippen molar-refractivity contribution in [2.24, 2.45) is 0 Å². The zero-order chi connectivity index (χ0) is 16.5. The van der Waals surface area contributed by atoms with Gasteiger partial charge < -0.3 is 4.57 Å². The maximum atomic E-state index is 12.2. The Morgan fingerprint density at radius 1 is 1.08 bits per heavy atom. The van der Waals surface area contributed by atoms with Gasteiger partial charge in [0.05, 0.1) is 30.3 Å². The SMILES string of the molecule is O=c1c(=O)n(C2=C=CC2)ccn1Cc1ccc(-n2ccnn2)nn1. The van der Waals surface area contributed by atoms with Gasteiger partial charge in [-0.05, 0) is 18.2 Å². The van der Waals surface area contributed by atoms with E-state index < -0.39 is 11.1 Å². The molecule has 0 radical (unpaired) electrons. The average Bonchev–Trinajstić information content (AvgIpc) is 3.08. The van der Waals surface area contributed by atoms with E-state index in [9.17, 15) is 9.59 Å². The molecule has 4 rings (SSSR count). The molecule has 1 aliphatic carbocycles. The first-order valence-corrected chi connectivity index (χ1v) is 7.18. The van der Waals surface area contributed by atoms with Crippen LogP contribution in [0.4, 0.5) is 0 Å². The fourth-order valence-corrected chi connectivity index (χ4v) is 2.27. The summed E-state index contributed by atoms with van der Waals surface area (Å²) in [5, 5.41) is 15.6. The molecule has 24 heavy (non-hydrogen) atoms. The Labute approximate surface area is 134 Å². The van der Waals surface area contributed by atoms with Gasteiger partial charge in [0.25, 0.3) is 0 Å². The Hall–Kier alpha value is -3.58. The van der Waals surface area contributed by atoms with Gasteiger partial charge in [-0.3, -0.25) is 14.2 Å². The highest BCUT2D eigenvalue weighted by atomic mass is 16.2. The molecule has 0 amide bonds. The van der Waals surface area contributed by atoms with Crippen molar-refractivity contribution in [1.82, 2.24) is 34.3 Å². The smallest absolute Gasteiger partial charge is 0.303 e. The molecule has 1 aliphatic rings. The van der Waals surface area contributed by atoms with Gasteiger partial charge in [-0.15, -0.1) is 15.9 Å². The third-order valence-electron chi connectivity index (χ3n) is 3.61. The summed E-state index contributed by atoms with van der Waals surface area (Å²) in [4.78, 5) is 24.3. The second-order valence-electron chi connectivity index (χ2n) is 5.14. The zero-order valence-corrected chi connectivity index (χ0v) is 12.4. The Kier molecular flexibility index (Phi) is 3.25. The predicted molar refractivity (Wildman–Crippen MR) is 83.4 cm³/mol. The summed E-state index contributed by atoms with van der Waals surface area (Å²) in [6.45, 7) is 0.161. The van der Waals surface area contributed by atoms with Crippen LogP contribution in [0.3, 0.4) is 0 Å². The van der Waals surface area contributed by atoms with Gasteiger partial charge in [-0.1, -0.05) is 5.21 Å². The normalized spacial score (nSPS) is 12.8. The third kappa shape index (κ3) is 2.38. The highest BCUT2D eigenvalue weighted by Crippen LogP contribution is 2.12. The van der Waals surface area contributed by atoms with Crippen molar-refractivity contribution >= 4 is 5.70 Å². The highest BCUT2D eigenvalue weighted by molar-refractivity contribution is 5.52. The number of aromatic nitrogens is 7. The van der Waals surface area contributed by atoms with Gasteiger partial charge in [0.15, 0.2) is 5.82 Å². The summed E-state index contributed by atoms with van der Waals surface area (Å²) >= 11 is 0. The maximum absolute atomic E-state index is 12.2. The van der Waals surface area contributed by atoms with Crippen LogP contribution in [-0.4, -0.2) is 34.3 Å². The average molecular weight is 321 g/mol. The number of allylic oxidation sites excluding steroid dienone is 1. The molecule has 0 saturated carbocycles. The van der Waals surface area contributed by atoms with Crippen molar-refractivity contribution < 1.29 is 0 Å².